The molecule has 0 saturated heterocycles. The Morgan fingerprint density at radius 3 is 2.68 bits per heavy atom. The fourth-order valence-electron chi connectivity index (χ4n) is 2.22. The van der Waals surface area contributed by atoms with Crippen LogP contribution in [0.5, 0.6) is 0 Å². The number of ether oxygens (including phenoxy) is 1. The summed E-state index contributed by atoms with van der Waals surface area (Å²) in [7, 11) is 0. The molecule has 1 heterocycles. The van der Waals surface area contributed by atoms with Crippen LogP contribution >= 0.6 is 0 Å². The molecular weight excluding hydrogens is 236 g/mol. The summed E-state index contributed by atoms with van der Waals surface area (Å²) in [6.07, 6.45) is 0. The minimum atomic E-state index is 0.423. The van der Waals surface area contributed by atoms with Gasteiger partial charge in [-0.1, -0.05) is 42.0 Å². The fraction of sp³-hybridized carbons (Fsp3) is 0.188. The summed E-state index contributed by atoms with van der Waals surface area (Å²) in [6, 6.07) is 18.6. The zero-order valence-electron chi connectivity index (χ0n) is 10.9. The Bertz CT molecular complexity index is 593. The molecule has 0 amide bonds. The number of para-hydroxylation sites is 1. The van der Waals surface area contributed by atoms with Crippen molar-refractivity contribution in [2.75, 3.05) is 18.4 Å². The Labute approximate surface area is 113 Å². The topological polar surface area (TPSA) is 24.8 Å². The average molecular weight is 252 g/mol. The molecule has 0 spiro atoms. The van der Waals surface area contributed by atoms with Crippen molar-refractivity contribution in [3.8, 4) is 0 Å². The fourth-order valence-corrected chi connectivity index (χ4v) is 2.22. The first-order valence-electron chi connectivity index (χ1n) is 6.36. The van der Waals surface area contributed by atoms with Crippen molar-refractivity contribution in [2.45, 2.75) is 6.92 Å². The molecule has 3 nitrogen and oxygen atoms in total. The highest BCUT2D eigenvalue weighted by molar-refractivity contribution is 6.10. The second-order valence-electron chi connectivity index (χ2n) is 4.58. The van der Waals surface area contributed by atoms with Crippen LogP contribution in [0.3, 0.4) is 0 Å². The molecule has 0 bridgehead atoms. The van der Waals surface area contributed by atoms with Crippen molar-refractivity contribution in [1.82, 2.24) is 0 Å². The third-order valence-electron chi connectivity index (χ3n) is 3.13. The van der Waals surface area contributed by atoms with Gasteiger partial charge in [0.15, 0.2) is 0 Å². The van der Waals surface area contributed by atoms with E-state index in [0.717, 1.165) is 17.1 Å². The normalized spacial score (nSPS) is 15.2. The Morgan fingerprint density at radius 2 is 1.89 bits per heavy atom. The minimum absolute atomic E-state index is 0.423. The molecule has 0 unspecified atom stereocenters. The van der Waals surface area contributed by atoms with Gasteiger partial charge >= 0.3 is 0 Å². The first-order valence-corrected chi connectivity index (χ1v) is 6.36. The summed E-state index contributed by atoms with van der Waals surface area (Å²) in [5.74, 6) is 0.973. The molecule has 2 aromatic rings. The monoisotopic (exact) mass is 252 g/mol. The van der Waals surface area contributed by atoms with E-state index in [9.17, 15) is 0 Å². The SMILES string of the molecule is Cc1cccc(C2=NCOCN2c2ccccc2)c1. The summed E-state index contributed by atoms with van der Waals surface area (Å²) in [4.78, 5) is 6.61. The maximum Gasteiger partial charge on any atom is 0.142 e. The van der Waals surface area contributed by atoms with Gasteiger partial charge in [-0.3, -0.25) is 0 Å². The summed E-state index contributed by atoms with van der Waals surface area (Å²) < 4.78 is 5.46. The van der Waals surface area contributed by atoms with Crippen LogP contribution in [0.25, 0.3) is 0 Å². The van der Waals surface area contributed by atoms with E-state index in [4.69, 9.17) is 4.74 Å². The molecular formula is C16H16N2O. The lowest BCUT2D eigenvalue weighted by molar-refractivity contribution is 0.141. The Balaban J connectivity index is 2.00. The molecule has 0 N–H and O–H groups in total. The number of aryl methyl sites for hydroxylation is 1. The number of anilines is 1. The van der Waals surface area contributed by atoms with Gasteiger partial charge in [-0.2, -0.15) is 0 Å². The van der Waals surface area contributed by atoms with Gasteiger partial charge in [-0.15, -0.1) is 0 Å². The Morgan fingerprint density at radius 1 is 1.05 bits per heavy atom. The average Bonchev–Trinajstić information content (AvgIpc) is 2.48. The Kier molecular flexibility index (Phi) is 3.29. The van der Waals surface area contributed by atoms with E-state index in [1.54, 1.807) is 0 Å². The van der Waals surface area contributed by atoms with Gasteiger partial charge < -0.3 is 9.64 Å². The van der Waals surface area contributed by atoms with Crippen molar-refractivity contribution >= 4 is 11.5 Å². The second kappa shape index (κ2) is 5.24. The van der Waals surface area contributed by atoms with Crippen LogP contribution in [0, 0.1) is 6.92 Å². The summed E-state index contributed by atoms with van der Waals surface area (Å²) in [5, 5.41) is 0. The summed E-state index contributed by atoms with van der Waals surface area (Å²) >= 11 is 0. The molecule has 3 heteroatoms. The van der Waals surface area contributed by atoms with Crippen LogP contribution in [0.1, 0.15) is 11.1 Å². The van der Waals surface area contributed by atoms with Gasteiger partial charge in [0.05, 0.1) is 0 Å². The number of aliphatic imine (C=N–C) groups is 1. The molecule has 0 atom stereocenters. The quantitative estimate of drug-likeness (QED) is 0.820. The minimum Gasteiger partial charge on any atom is -0.339 e. The zero-order valence-corrected chi connectivity index (χ0v) is 10.9. The number of amidine groups is 1. The molecule has 19 heavy (non-hydrogen) atoms. The second-order valence-corrected chi connectivity index (χ2v) is 4.58. The lowest BCUT2D eigenvalue weighted by atomic mass is 10.1. The third kappa shape index (κ3) is 2.51. The van der Waals surface area contributed by atoms with E-state index in [2.05, 4.69) is 53.2 Å². The summed E-state index contributed by atoms with van der Waals surface area (Å²) in [5.41, 5.74) is 3.47. The predicted molar refractivity (Wildman–Crippen MR) is 77.5 cm³/mol. The third-order valence-corrected chi connectivity index (χ3v) is 3.13. The van der Waals surface area contributed by atoms with Crippen LogP contribution in [0.4, 0.5) is 5.69 Å². The standard InChI is InChI=1S/C16H16N2O/c1-13-6-5-7-14(10-13)16-17-11-19-12-18(16)15-8-3-2-4-9-15/h2-10H,11-12H2,1H3. The highest BCUT2D eigenvalue weighted by Gasteiger charge is 2.18. The van der Waals surface area contributed by atoms with Crippen LogP contribution in [-0.4, -0.2) is 19.3 Å². The first kappa shape index (κ1) is 11.9. The lowest BCUT2D eigenvalue weighted by Gasteiger charge is -2.29. The van der Waals surface area contributed by atoms with Crippen LogP contribution in [0.2, 0.25) is 0 Å². The van der Waals surface area contributed by atoms with Gasteiger partial charge in [0.25, 0.3) is 0 Å². The maximum absolute atomic E-state index is 5.46. The number of hydrogen-bond acceptors (Lipinski definition) is 3. The molecule has 2 aromatic carbocycles. The van der Waals surface area contributed by atoms with Gasteiger partial charge in [0.2, 0.25) is 0 Å². The highest BCUT2D eigenvalue weighted by atomic mass is 16.5. The molecule has 0 saturated carbocycles. The van der Waals surface area contributed by atoms with Crippen LogP contribution in [-0.2, 0) is 4.74 Å². The molecule has 1 aliphatic rings. The van der Waals surface area contributed by atoms with Gasteiger partial charge in [0.1, 0.15) is 19.3 Å². The van der Waals surface area contributed by atoms with Gasteiger partial charge in [-0.05, 0) is 25.1 Å². The molecule has 3 rings (SSSR count). The number of nitrogens with zero attached hydrogens (tertiary/aromatic N) is 2. The van der Waals surface area contributed by atoms with Gasteiger partial charge in [0, 0.05) is 11.3 Å². The predicted octanol–water partition coefficient (Wildman–Crippen LogP) is 3.19. The maximum atomic E-state index is 5.46. The smallest absolute Gasteiger partial charge is 0.142 e. The Hall–Kier alpha value is -2.13. The van der Waals surface area contributed by atoms with Crippen molar-refractivity contribution in [3.05, 3.63) is 65.7 Å². The van der Waals surface area contributed by atoms with Crippen molar-refractivity contribution in [1.29, 1.82) is 0 Å². The zero-order chi connectivity index (χ0) is 13.1. The summed E-state index contributed by atoms with van der Waals surface area (Å²) in [6.45, 7) is 3.06. The molecule has 0 aromatic heterocycles. The molecule has 0 fully saturated rings. The number of benzene rings is 2. The van der Waals surface area contributed by atoms with E-state index < -0.39 is 0 Å². The van der Waals surface area contributed by atoms with Crippen molar-refractivity contribution < 1.29 is 4.74 Å². The number of hydrogen-bond donors (Lipinski definition) is 0. The largest absolute Gasteiger partial charge is 0.339 e. The van der Waals surface area contributed by atoms with E-state index in [-0.39, 0.29) is 0 Å². The van der Waals surface area contributed by atoms with E-state index >= 15 is 0 Å². The van der Waals surface area contributed by atoms with Gasteiger partial charge in [-0.25, -0.2) is 4.99 Å². The lowest BCUT2D eigenvalue weighted by Crippen LogP contribution is -2.37. The van der Waals surface area contributed by atoms with Crippen LogP contribution < -0.4 is 4.90 Å². The van der Waals surface area contributed by atoms with Crippen LogP contribution in [0.15, 0.2) is 59.6 Å². The first-order chi connectivity index (χ1) is 9.34. The van der Waals surface area contributed by atoms with E-state index in [1.165, 1.54) is 5.56 Å². The molecule has 0 radical (unpaired) electrons. The van der Waals surface area contributed by atoms with Crippen molar-refractivity contribution in [2.24, 2.45) is 4.99 Å². The molecule has 1 aliphatic heterocycles. The van der Waals surface area contributed by atoms with E-state index in [0.29, 0.717) is 13.5 Å². The van der Waals surface area contributed by atoms with Crippen molar-refractivity contribution in [3.63, 3.8) is 0 Å². The highest BCUT2D eigenvalue weighted by Crippen LogP contribution is 2.20. The molecule has 0 aliphatic carbocycles. The van der Waals surface area contributed by atoms with E-state index in [1.807, 2.05) is 18.2 Å². The molecule has 96 valence electrons. The number of rotatable bonds is 2.